The second-order valence-electron chi connectivity index (χ2n) is 4.22. The molecule has 14 heavy (non-hydrogen) atoms. The van der Waals surface area contributed by atoms with Crippen LogP contribution in [0.3, 0.4) is 0 Å². The molecule has 0 amide bonds. The number of hydrogen-bond donors (Lipinski definition) is 1. The molecule has 0 saturated carbocycles. The van der Waals surface area contributed by atoms with Crippen molar-refractivity contribution in [2.24, 2.45) is 7.05 Å². The van der Waals surface area contributed by atoms with Crippen molar-refractivity contribution in [1.82, 2.24) is 15.1 Å². The zero-order valence-corrected chi connectivity index (χ0v) is 9.30. The van der Waals surface area contributed by atoms with Crippen molar-refractivity contribution in [1.29, 1.82) is 0 Å². The summed E-state index contributed by atoms with van der Waals surface area (Å²) in [5, 5.41) is 7.89. The third kappa shape index (κ3) is 1.46. The lowest BCUT2D eigenvalue weighted by atomic mass is 9.87. The Morgan fingerprint density at radius 1 is 1.57 bits per heavy atom. The Bertz CT molecular complexity index is 328. The van der Waals surface area contributed by atoms with E-state index >= 15 is 0 Å². The Labute approximate surface area is 85.5 Å². The lowest BCUT2D eigenvalue weighted by Crippen LogP contribution is -2.21. The predicted molar refractivity (Wildman–Crippen MR) is 57.6 cm³/mol. The molecule has 78 valence electrons. The second-order valence-corrected chi connectivity index (χ2v) is 4.22. The third-order valence-corrected chi connectivity index (χ3v) is 3.31. The number of rotatable bonds is 2. The van der Waals surface area contributed by atoms with E-state index in [0.29, 0.717) is 5.92 Å². The van der Waals surface area contributed by atoms with Crippen LogP contribution in [0.5, 0.6) is 0 Å². The van der Waals surface area contributed by atoms with Gasteiger partial charge in [0.15, 0.2) is 0 Å². The highest BCUT2D eigenvalue weighted by Crippen LogP contribution is 2.31. The van der Waals surface area contributed by atoms with E-state index in [0.717, 1.165) is 6.54 Å². The van der Waals surface area contributed by atoms with Gasteiger partial charge in [0.05, 0.1) is 5.69 Å². The molecule has 0 saturated heterocycles. The average Bonchev–Trinajstić information content (AvgIpc) is 2.46. The van der Waals surface area contributed by atoms with Gasteiger partial charge >= 0.3 is 0 Å². The van der Waals surface area contributed by atoms with Crippen LogP contribution in [0.15, 0.2) is 0 Å². The summed E-state index contributed by atoms with van der Waals surface area (Å²) in [6.45, 7) is 3.23. The van der Waals surface area contributed by atoms with Gasteiger partial charge in [0, 0.05) is 25.2 Å². The molecule has 0 aliphatic heterocycles. The van der Waals surface area contributed by atoms with Crippen molar-refractivity contribution in [3.05, 3.63) is 17.0 Å². The molecule has 2 rings (SSSR count). The van der Waals surface area contributed by atoms with Crippen molar-refractivity contribution in [2.45, 2.75) is 32.1 Å². The SMILES string of the molecule is CNCC1CCCc2c1nn(C)c2C. The van der Waals surface area contributed by atoms with E-state index in [1.807, 2.05) is 18.8 Å². The molecule has 1 aromatic heterocycles. The molecule has 3 nitrogen and oxygen atoms in total. The van der Waals surface area contributed by atoms with Gasteiger partial charge in [0.2, 0.25) is 0 Å². The molecule has 0 bridgehead atoms. The van der Waals surface area contributed by atoms with Gasteiger partial charge < -0.3 is 5.32 Å². The van der Waals surface area contributed by atoms with Crippen LogP contribution in [0.25, 0.3) is 0 Å². The van der Waals surface area contributed by atoms with Crippen LogP contribution in [0.1, 0.15) is 35.7 Å². The smallest absolute Gasteiger partial charge is 0.0702 e. The maximum atomic E-state index is 4.63. The number of aryl methyl sites for hydroxylation is 1. The van der Waals surface area contributed by atoms with Gasteiger partial charge in [-0.1, -0.05) is 0 Å². The van der Waals surface area contributed by atoms with Gasteiger partial charge in [-0.3, -0.25) is 4.68 Å². The highest BCUT2D eigenvalue weighted by atomic mass is 15.3. The summed E-state index contributed by atoms with van der Waals surface area (Å²) in [5.74, 6) is 0.628. The molecule has 0 radical (unpaired) electrons. The molecule has 0 spiro atoms. The first-order valence-corrected chi connectivity index (χ1v) is 5.41. The standard InChI is InChI=1S/C11H19N3/c1-8-10-6-4-5-9(7-12-2)11(10)13-14(8)3/h9,12H,4-7H2,1-3H3. The van der Waals surface area contributed by atoms with Crippen molar-refractivity contribution in [2.75, 3.05) is 13.6 Å². The highest BCUT2D eigenvalue weighted by Gasteiger charge is 2.24. The van der Waals surface area contributed by atoms with Crippen LogP contribution in [-0.2, 0) is 13.5 Å². The van der Waals surface area contributed by atoms with Gasteiger partial charge in [-0.15, -0.1) is 0 Å². The van der Waals surface area contributed by atoms with Gasteiger partial charge in [-0.25, -0.2) is 0 Å². The van der Waals surface area contributed by atoms with Gasteiger partial charge in [0.25, 0.3) is 0 Å². The maximum absolute atomic E-state index is 4.63. The molecule has 1 heterocycles. The lowest BCUT2D eigenvalue weighted by molar-refractivity contribution is 0.514. The summed E-state index contributed by atoms with van der Waals surface area (Å²) in [5.41, 5.74) is 4.19. The maximum Gasteiger partial charge on any atom is 0.0702 e. The largest absolute Gasteiger partial charge is 0.319 e. The van der Waals surface area contributed by atoms with Crippen LogP contribution in [-0.4, -0.2) is 23.4 Å². The number of nitrogens with zero attached hydrogens (tertiary/aromatic N) is 2. The van der Waals surface area contributed by atoms with Crippen molar-refractivity contribution in [3.63, 3.8) is 0 Å². The Balaban J connectivity index is 2.34. The number of hydrogen-bond acceptors (Lipinski definition) is 2. The van der Waals surface area contributed by atoms with Crippen LogP contribution in [0, 0.1) is 6.92 Å². The highest BCUT2D eigenvalue weighted by molar-refractivity contribution is 5.30. The first kappa shape index (κ1) is 9.71. The summed E-state index contributed by atoms with van der Waals surface area (Å²) in [4.78, 5) is 0. The Hall–Kier alpha value is -0.830. The third-order valence-electron chi connectivity index (χ3n) is 3.31. The van der Waals surface area contributed by atoms with Crippen LogP contribution < -0.4 is 5.32 Å². The van der Waals surface area contributed by atoms with Crippen molar-refractivity contribution < 1.29 is 0 Å². The quantitative estimate of drug-likeness (QED) is 0.768. The van der Waals surface area contributed by atoms with E-state index in [9.17, 15) is 0 Å². The normalized spacial score (nSPS) is 20.9. The summed E-state index contributed by atoms with van der Waals surface area (Å²) in [7, 11) is 4.06. The molecule has 1 aliphatic rings. The van der Waals surface area contributed by atoms with E-state index in [1.54, 1.807) is 0 Å². The Morgan fingerprint density at radius 3 is 3.07 bits per heavy atom. The van der Waals surface area contributed by atoms with E-state index in [-0.39, 0.29) is 0 Å². The van der Waals surface area contributed by atoms with Gasteiger partial charge in [-0.05, 0) is 38.8 Å². The Kier molecular flexibility index (Phi) is 2.59. The van der Waals surface area contributed by atoms with E-state index in [1.165, 1.54) is 36.2 Å². The zero-order valence-electron chi connectivity index (χ0n) is 9.30. The minimum atomic E-state index is 0.628. The molecular weight excluding hydrogens is 174 g/mol. The molecule has 1 aromatic rings. The average molecular weight is 193 g/mol. The van der Waals surface area contributed by atoms with Crippen LogP contribution in [0.4, 0.5) is 0 Å². The van der Waals surface area contributed by atoms with Crippen molar-refractivity contribution >= 4 is 0 Å². The summed E-state index contributed by atoms with van der Waals surface area (Å²) in [6, 6.07) is 0. The number of aromatic nitrogens is 2. The van der Waals surface area contributed by atoms with Gasteiger partial charge in [0.1, 0.15) is 0 Å². The van der Waals surface area contributed by atoms with Gasteiger partial charge in [-0.2, -0.15) is 5.10 Å². The molecule has 0 fully saturated rings. The predicted octanol–water partition coefficient (Wildman–Crippen LogP) is 1.37. The molecule has 1 aliphatic carbocycles. The Morgan fingerprint density at radius 2 is 2.36 bits per heavy atom. The second kappa shape index (κ2) is 3.73. The van der Waals surface area contributed by atoms with Crippen molar-refractivity contribution in [3.8, 4) is 0 Å². The lowest BCUT2D eigenvalue weighted by Gasteiger charge is -2.20. The molecular formula is C11H19N3. The molecule has 1 atom stereocenters. The van der Waals surface area contributed by atoms with E-state index < -0.39 is 0 Å². The summed E-state index contributed by atoms with van der Waals surface area (Å²) < 4.78 is 2.03. The van der Waals surface area contributed by atoms with E-state index in [4.69, 9.17) is 0 Å². The van der Waals surface area contributed by atoms with Crippen LogP contribution in [0.2, 0.25) is 0 Å². The minimum Gasteiger partial charge on any atom is -0.319 e. The fourth-order valence-electron chi connectivity index (χ4n) is 2.42. The number of fused-ring (bicyclic) bond motifs is 1. The fourth-order valence-corrected chi connectivity index (χ4v) is 2.42. The number of nitrogens with one attached hydrogen (secondary N) is 1. The summed E-state index contributed by atoms with van der Waals surface area (Å²) >= 11 is 0. The fraction of sp³-hybridized carbons (Fsp3) is 0.727. The molecule has 1 N–H and O–H groups in total. The number of likely N-dealkylation sites (N-methyl/N-ethyl adjacent to an activating group) is 1. The minimum absolute atomic E-state index is 0.628. The summed E-state index contributed by atoms with van der Waals surface area (Å²) in [6.07, 6.45) is 3.81. The molecule has 1 unspecified atom stereocenters. The first-order valence-electron chi connectivity index (χ1n) is 5.41. The zero-order chi connectivity index (χ0) is 10.1. The first-order chi connectivity index (χ1) is 6.74. The monoisotopic (exact) mass is 193 g/mol. The van der Waals surface area contributed by atoms with E-state index in [2.05, 4.69) is 17.3 Å². The van der Waals surface area contributed by atoms with Crippen LogP contribution >= 0.6 is 0 Å². The molecule has 0 aromatic carbocycles. The molecule has 3 heteroatoms. The topological polar surface area (TPSA) is 29.9 Å².